The van der Waals surface area contributed by atoms with Gasteiger partial charge in [-0.2, -0.15) is 0 Å². The van der Waals surface area contributed by atoms with Crippen molar-refractivity contribution >= 4 is 18.1 Å². The van der Waals surface area contributed by atoms with Crippen molar-refractivity contribution in [2.24, 2.45) is 0 Å². The normalized spacial score (nSPS) is 5.67. The fraction of sp³-hybridized carbons (Fsp3) is 0. The third-order valence-electron chi connectivity index (χ3n) is 0.183. The number of rotatable bonds is 0. The maximum atomic E-state index is 9.10. The summed E-state index contributed by atoms with van der Waals surface area (Å²) in [6, 6.07) is 0. The number of hydrogen-bond acceptors (Lipinski definition) is 5. The Kier molecular flexibility index (Phi) is 23.5. The van der Waals surface area contributed by atoms with E-state index in [2.05, 4.69) is 0 Å². The number of carboxylic acid groups (broad SMARTS) is 4. The maximum Gasteiger partial charge on any atom is 0.414 e. The van der Waals surface area contributed by atoms with Crippen molar-refractivity contribution in [3.05, 3.63) is 0 Å². The van der Waals surface area contributed by atoms with Gasteiger partial charge in [0.1, 0.15) is 0 Å². The van der Waals surface area contributed by atoms with Gasteiger partial charge in [0.05, 0.1) is 0 Å². The van der Waals surface area contributed by atoms with E-state index in [9.17, 15) is 0 Å². The molecular formula is C3H6NNbO7-. The fourth-order valence-electron chi connectivity index (χ4n) is 0. The summed E-state index contributed by atoms with van der Waals surface area (Å²) in [6.45, 7) is 0. The minimum Gasteiger partial charge on any atom is -0.652 e. The number of carbonyl (C=O) groups is 3. The molecule has 0 aromatic heterocycles. The average molecular weight is 261 g/mol. The molecule has 0 spiro atoms. The van der Waals surface area contributed by atoms with Gasteiger partial charge < -0.3 is 31.4 Å². The molecule has 12 heavy (non-hydrogen) atoms. The SMILES string of the molecule is O=C(O)C(=O)O.O=C([O-])[O-].[NH4+].[Nb]. The average Bonchev–Trinajstić information content (AvgIpc) is 1.63. The summed E-state index contributed by atoms with van der Waals surface area (Å²) >= 11 is 0. The van der Waals surface area contributed by atoms with Crippen LogP contribution in [0.3, 0.4) is 0 Å². The van der Waals surface area contributed by atoms with Crippen molar-refractivity contribution in [1.29, 1.82) is 0 Å². The van der Waals surface area contributed by atoms with Crippen LogP contribution in [0.4, 0.5) is 4.79 Å². The summed E-state index contributed by atoms with van der Waals surface area (Å²) in [5, 5.41) is 31.4. The van der Waals surface area contributed by atoms with E-state index < -0.39 is 18.1 Å². The van der Waals surface area contributed by atoms with Gasteiger partial charge in [0.25, 0.3) is 0 Å². The van der Waals surface area contributed by atoms with Gasteiger partial charge in [-0.1, -0.05) is 0 Å². The van der Waals surface area contributed by atoms with Gasteiger partial charge in [-0.15, -0.1) is 0 Å². The number of carbonyl (C=O) groups excluding carboxylic acids is 1. The molecule has 8 nitrogen and oxygen atoms in total. The van der Waals surface area contributed by atoms with Gasteiger partial charge in [0.15, 0.2) is 0 Å². The van der Waals surface area contributed by atoms with E-state index >= 15 is 0 Å². The van der Waals surface area contributed by atoms with Crippen LogP contribution in [0.25, 0.3) is 0 Å². The first-order valence-electron chi connectivity index (χ1n) is 1.72. The fourth-order valence-corrected chi connectivity index (χ4v) is 0. The maximum absolute atomic E-state index is 9.10. The van der Waals surface area contributed by atoms with Crippen LogP contribution in [0.1, 0.15) is 0 Å². The van der Waals surface area contributed by atoms with Crippen LogP contribution in [-0.4, -0.2) is 28.3 Å². The third-order valence-corrected chi connectivity index (χ3v) is 0.183. The van der Waals surface area contributed by atoms with E-state index in [1.807, 2.05) is 0 Å². The molecule has 6 N–H and O–H groups in total. The van der Waals surface area contributed by atoms with E-state index in [0.717, 1.165) is 0 Å². The first-order chi connectivity index (χ1) is 4.37. The molecule has 0 aromatic rings. The van der Waals surface area contributed by atoms with Gasteiger partial charge in [0.2, 0.25) is 0 Å². The minimum absolute atomic E-state index is 0. The van der Waals surface area contributed by atoms with E-state index in [1.165, 1.54) is 0 Å². The van der Waals surface area contributed by atoms with Crippen molar-refractivity contribution in [1.82, 2.24) is 6.15 Å². The predicted molar refractivity (Wildman–Crippen MR) is 26.7 cm³/mol. The molecule has 0 saturated carbocycles. The van der Waals surface area contributed by atoms with Crippen LogP contribution >= 0.6 is 0 Å². The second-order valence-corrected chi connectivity index (χ2v) is 0.860. The van der Waals surface area contributed by atoms with Gasteiger partial charge >= 0.3 is 11.9 Å². The number of carboxylic acids is 2. The van der Waals surface area contributed by atoms with Crippen molar-refractivity contribution in [2.75, 3.05) is 0 Å². The van der Waals surface area contributed by atoms with Crippen LogP contribution in [0.2, 0.25) is 0 Å². The standard InChI is InChI=1S/C2H2O4.CH2O3.H3N.Nb/c3-1(4)2(5)6;2-1(3)4;;/h(H,3,4)(H,5,6);(H2,2,3,4);1H3;/p-1. The second-order valence-electron chi connectivity index (χ2n) is 0.860. The Morgan fingerprint density at radius 1 is 0.917 bits per heavy atom. The zero-order valence-electron chi connectivity index (χ0n) is 5.88. The van der Waals surface area contributed by atoms with Gasteiger partial charge in [0, 0.05) is 22.4 Å². The van der Waals surface area contributed by atoms with Crippen molar-refractivity contribution < 1.29 is 57.2 Å². The smallest absolute Gasteiger partial charge is 0.414 e. The van der Waals surface area contributed by atoms with E-state index in [4.69, 9.17) is 34.8 Å². The van der Waals surface area contributed by atoms with Gasteiger partial charge in [-0.3, -0.25) is 0 Å². The third kappa shape index (κ3) is 65.8. The summed E-state index contributed by atoms with van der Waals surface area (Å²) in [7, 11) is 0. The van der Waals surface area contributed by atoms with Crippen LogP contribution < -0.4 is 16.4 Å². The molecule has 0 rings (SSSR count). The number of quaternary nitrogens is 1. The van der Waals surface area contributed by atoms with Crippen LogP contribution in [0.5, 0.6) is 0 Å². The largest absolute Gasteiger partial charge is 0.652 e. The molecule has 9 heteroatoms. The Bertz CT molecular complexity index is 141. The first-order valence-corrected chi connectivity index (χ1v) is 1.72. The second kappa shape index (κ2) is 12.6. The summed E-state index contributed by atoms with van der Waals surface area (Å²) in [4.78, 5) is 26.5. The monoisotopic (exact) mass is 261 g/mol. The van der Waals surface area contributed by atoms with Crippen molar-refractivity contribution in [2.45, 2.75) is 0 Å². The van der Waals surface area contributed by atoms with Gasteiger partial charge in [-0.05, 0) is 6.16 Å². The summed E-state index contributed by atoms with van der Waals surface area (Å²) in [5.41, 5.74) is 0. The Labute approximate surface area is 81.9 Å². The van der Waals surface area contributed by atoms with Crippen molar-refractivity contribution in [3.8, 4) is 0 Å². The Hall–Kier alpha value is -1.09. The number of aliphatic carboxylic acids is 2. The molecule has 0 saturated heterocycles. The van der Waals surface area contributed by atoms with Gasteiger partial charge in [-0.25, -0.2) is 9.59 Å². The summed E-state index contributed by atoms with van der Waals surface area (Å²) < 4.78 is 0. The molecule has 0 aliphatic carbocycles. The molecule has 0 aliphatic rings. The topological polar surface area (TPSA) is 174 Å². The molecule has 71 valence electrons. The molecule has 0 amide bonds. The molecule has 0 aromatic carbocycles. The summed E-state index contributed by atoms with van der Waals surface area (Å²) in [5.74, 6) is -3.65. The predicted octanol–water partition coefficient (Wildman–Crippen LogP) is -2.92. The molecule has 0 bridgehead atoms. The Morgan fingerprint density at radius 2 is 1.00 bits per heavy atom. The molecule has 0 aliphatic heterocycles. The van der Waals surface area contributed by atoms with Crippen LogP contribution in [-0.2, 0) is 32.0 Å². The van der Waals surface area contributed by atoms with Crippen molar-refractivity contribution in [3.63, 3.8) is 0 Å². The molecule has 0 fully saturated rings. The molecule has 0 atom stereocenters. The van der Waals surface area contributed by atoms with Crippen LogP contribution in [0.15, 0.2) is 0 Å². The Balaban J connectivity index is -0.0000000483. The first kappa shape index (κ1) is 22.4. The minimum atomic E-state index is -2.33. The van der Waals surface area contributed by atoms with E-state index in [-0.39, 0.29) is 28.5 Å². The number of hydrogen-bond donors (Lipinski definition) is 3. The molecular weight excluding hydrogens is 255 g/mol. The quantitative estimate of drug-likeness (QED) is 0.309. The molecule has 1 radical (unpaired) electrons. The van der Waals surface area contributed by atoms with Crippen LogP contribution in [0, 0.1) is 0 Å². The zero-order chi connectivity index (χ0) is 8.73. The molecule has 0 heterocycles. The molecule has 0 unspecified atom stereocenters. The Morgan fingerprint density at radius 3 is 1.00 bits per heavy atom. The summed E-state index contributed by atoms with van der Waals surface area (Å²) in [6.07, 6.45) is -2.33. The van der Waals surface area contributed by atoms with E-state index in [0.29, 0.717) is 0 Å². The van der Waals surface area contributed by atoms with E-state index in [1.54, 1.807) is 0 Å². The zero-order valence-corrected chi connectivity index (χ0v) is 8.08.